The maximum Gasteiger partial charge on any atom is 0.169 e. The highest BCUT2D eigenvalue weighted by atomic mass is 32.1. The lowest BCUT2D eigenvalue weighted by atomic mass is 10.2. The van der Waals surface area contributed by atoms with Crippen molar-refractivity contribution in [3.05, 3.63) is 60.4 Å². The predicted molar refractivity (Wildman–Crippen MR) is 92.7 cm³/mol. The molecule has 22 heavy (non-hydrogen) atoms. The van der Waals surface area contributed by atoms with E-state index in [1.807, 2.05) is 18.5 Å². The lowest BCUT2D eigenvalue weighted by molar-refractivity contribution is -0.377. The average molecular weight is 313 g/mol. The fourth-order valence-electron chi connectivity index (χ4n) is 2.64. The summed E-state index contributed by atoms with van der Waals surface area (Å²) >= 11 is 5.52. The van der Waals surface area contributed by atoms with Crippen LogP contribution in [0.2, 0.25) is 0 Å². The Morgan fingerprint density at radius 1 is 1.00 bits per heavy atom. The quantitative estimate of drug-likeness (QED) is 0.874. The van der Waals surface area contributed by atoms with E-state index in [0.29, 0.717) is 0 Å². The van der Waals surface area contributed by atoms with Gasteiger partial charge in [-0.1, -0.05) is 30.3 Å². The van der Waals surface area contributed by atoms with Crippen LogP contribution in [0.5, 0.6) is 0 Å². The van der Waals surface area contributed by atoms with Gasteiger partial charge in [0.1, 0.15) is 0 Å². The summed E-state index contributed by atoms with van der Waals surface area (Å²) in [6.07, 6.45) is 3.93. The Balaban J connectivity index is 1.48. The molecule has 0 aliphatic carbocycles. The van der Waals surface area contributed by atoms with E-state index in [1.165, 1.54) is 11.3 Å². The molecule has 0 radical (unpaired) electrons. The standard InChI is InChI=1S/C17H20N4S/c22-17(19-14-15-4-2-1-3-5-15)21-12-10-20(11-13-21)16-6-8-18-9-7-16/h1-9H,10-14H2,(H,19,22)/p+1. The molecule has 5 heteroatoms. The Morgan fingerprint density at radius 3 is 2.36 bits per heavy atom. The van der Waals surface area contributed by atoms with E-state index >= 15 is 0 Å². The first-order valence-electron chi connectivity index (χ1n) is 7.61. The summed E-state index contributed by atoms with van der Waals surface area (Å²) < 4.78 is 0. The van der Waals surface area contributed by atoms with E-state index in [0.717, 1.165) is 37.8 Å². The van der Waals surface area contributed by atoms with Crippen LogP contribution >= 0.6 is 12.2 Å². The van der Waals surface area contributed by atoms with Gasteiger partial charge in [-0.15, -0.1) is 0 Å². The normalized spacial score (nSPS) is 14.7. The van der Waals surface area contributed by atoms with E-state index in [-0.39, 0.29) is 0 Å². The van der Waals surface area contributed by atoms with E-state index in [9.17, 15) is 0 Å². The predicted octanol–water partition coefficient (Wildman–Crippen LogP) is 1.70. The summed E-state index contributed by atoms with van der Waals surface area (Å²) in [4.78, 5) is 7.71. The number of aromatic nitrogens is 1. The van der Waals surface area contributed by atoms with Crippen LogP contribution in [-0.2, 0) is 6.54 Å². The monoisotopic (exact) mass is 313 g/mol. The molecule has 1 aliphatic rings. The summed E-state index contributed by atoms with van der Waals surface area (Å²) in [6.45, 7) is 4.70. The maximum absolute atomic E-state index is 5.52. The van der Waals surface area contributed by atoms with Gasteiger partial charge in [-0.05, 0) is 17.8 Å². The smallest absolute Gasteiger partial charge is 0.169 e. The molecule has 114 valence electrons. The molecule has 0 atom stereocenters. The molecule has 0 bridgehead atoms. The molecule has 0 saturated carbocycles. The molecule has 0 amide bonds. The zero-order chi connectivity index (χ0) is 15.2. The van der Waals surface area contributed by atoms with Gasteiger partial charge in [0.2, 0.25) is 0 Å². The van der Waals surface area contributed by atoms with E-state index in [1.54, 1.807) is 0 Å². The number of thiocarbonyl (C=S) groups is 1. The third kappa shape index (κ3) is 3.74. The van der Waals surface area contributed by atoms with Crippen LogP contribution in [0.4, 0.5) is 5.69 Å². The minimum Gasteiger partial charge on any atom is -0.368 e. The largest absolute Gasteiger partial charge is 0.368 e. The Bertz CT molecular complexity index is 595. The summed E-state index contributed by atoms with van der Waals surface area (Å²) in [5, 5.41) is 4.21. The molecule has 1 aromatic heterocycles. The minimum absolute atomic E-state index is 0.786. The summed E-state index contributed by atoms with van der Waals surface area (Å²) in [6, 6.07) is 14.6. The van der Waals surface area contributed by atoms with Gasteiger partial charge >= 0.3 is 0 Å². The van der Waals surface area contributed by atoms with E-state index < -0.39 is 0 Å². The number of aromatic amines is 1. The van der Waals surface area contributed by atoms with Crippen LogP contribution in [0.25, 0.3) is 0 Å². The fraction of sp³-hybridized carbons (Fsp3) is 0.294. The molecular weight excluding hydrogens is 292 g/mol. The lowest BCUT2D eigenvalue weighted by Crippen LogP contribution is -2.51. The molecular formula is C17H21N4S+. The van der Waals surface area contributed by atoms with Gasteiger partial charge in [-0.3, -0.25) is 0 Å². The molecule has 2 aromatic rings. The number of H-pyrrole nitrogens is 1. The molecule has 0 unspecified atom stereocenters. The molecule has 1 saturated heterocycles. The Kier molecular flexibility index (Phi) is 4.85. The van der Waals surface area contributed by atoms with Gasteiger partial charge < -0.3 is 15.1 Å². The number of hydrogen-bond acceptors (Lipinski definition) is 2. The van der Waals surface area contributed by atoms with Crippen molar-refractivity contribution in [1.29, 1.82) is 0 Å². The number of anilines is 1. The van der Waals surface area contributed by atoms with Crippen LogP contribution in [0.15, 0.2) is 54.9 Å². The molecule has 4 nitrogen and oxygen atoms in total. The van der Waals surface area contributed by atoms with Gasteiger partial charge in [0.25, 0.3) is 0 Å². The second-order valence-corrected chi connectivity index (χ2v) is 5.76. The van der Waals surface area contributed by atoms with Crippen molar-refractivity contribution in [2.24, 2.45) is 0 Å². The number of nitrogens with one attached hydrogen (secondary N) is 2. The maximum atomic E-state index is 5.52. The highest BCUT2D eigenvalue weighted by molar-refractivity contribution is 7.80. The van der Waals surface area contributed by atoms with Crippen molar-refractivity contribution >= 4 is 23.0 Å². The highest BCUT2D eigenvalue weighted by Gasteiger charge is 2.19. The fourth-order valence-corrected chi connectivity index (χ4v) is 2.90. The Morgan fingerprint density at radius 2 is 1.68 bits per heavy atom. The molecule has 2 heterocycles. The molecule has 3 rings (SSSR count). The second kappa shape index (κ2) is 7.22. The third-order valence-electron chi connectivity index (χ3n) is 3.92. The van der Waals surface area contributed by atoms with Crippen molar-refractivity contribution in [1.82, 2.24) is 10.2 Å². The van der Waals surface area contributed by atoms with E-state index in [2.05, 4.69) is 56.5 Å². The first-order valence-corrected chi connectivity index (χ1v) is 8.01. The van der Waals surface area contributed by atoms with Crippen molar-refractivity contribution in [2.45, 2.75) is 6.54 Å². The molecule has 1 fully saturated rings. The number of pyridine rings is 1. The van der Waals surface area contributed by atoms with Crippen LogP contribution in [0.3, 0.4) is 0 Å². The lowest BCUT2D eigenvalue weighted by Gasteiger charge is -2.37. The van der Waals surface area contributed by atoms with Crippen LogP contribution < -0.4 is 15.2 Å². The molecule has 1 aromatic carbocycles. The summed E-state index contributed by atoms with van der Waals surface area (Å²) in [5.41, 5.74) is 2.52. The van der Waals surface area contributed by atoms with Crippen LogP contribution in [-0.4, -0.2) is 36.2 Å². The van der Waals surface area contributed by atoms with Crippen molar-refractivity contribution < 1.29 is 4.98 Å². The van der Waals surface area contributed by atoms with Crippen LogP contribution in [0.1, 0.15) is 5.56 Å². The van der Waals surface area contributed by atoms with Gasteiger partial charge in [-0.25, -0.2) is 4.98 Å². The topological polar surface area (TPSA) is 32.6 Å². The SMILES string of the molecule is S=C(NCc1ccccc1)N1CCN(c2cc[nH+]cc2)CC1. The van der Waals surface area contributed by atoms with Crippen LogP contribution in [0, 0.1) is 0 Å². The van der Waals surface area contributed by atoms with E-state index in [4.69, 9.17) is 12.2 Å². The molecule has 1 aliphatic heterocycles. The van der Waals surface area contributed by atoms with Gasteiger partial charge in [0, 0.05) is 50.5 Å². The second-order valence-electron chi connectivity index (χ2n) is 5.38. The Labute approximate surface area is 136 Å². The summed E-state index contributed by atoms with van der Waals surface area (Å²) in [7, 11) is 0. The van der Waals surface area contributed by atoms with Gasteiger partial charge in [-0.2, -0.15) is 0 Å². The average Bonchev–Trinajstić information content (AvgIpc) is 2.61. The molecule has 0 spiro atoms. The molecule has 2 N–H and O–H groups in total. The summed E-state index contributed by atoms with van der Waals surface area (Å²) in [5.74, 6) is 0. The zero-order valence-electron chi connectivity index (χ0n) is 12.5. The number of piperazine rings is 1. The minimum atomic E-state index is 0.786. The van der Waals surface area contributed by atoms with Crippen molar-refractivity contribution in [3.8, 4) is 0 Å². The zero-order valence-corrected chi connectivity index (χ0v) is 13.4. The third-order valence-corrected chi connectivity index (χ3v) is 4.32. The first-order chi connectivity index (χ1) is 10.8. The number of nitrogens with zero attached hydrogens (tertiary/aromatic N) is 2. The number of hydrogen-bond donors (Lipinski definition) is 1. The van der Waals surface area contributed by atoms with Crippen molar-refractivity contribution in [2.75, 3.05) is 31.1 Å². The number of rotatable bonds is 3. The highest BCUT2D eigenvalue weighted by Crippen LogP contribution is 2.14. The van der Waals surface area contributed by atoms with Gasteiger partial charge in [0.15, 0.2) is 17.5 Å². The Hall–Kier alpha value is -2.14. The first kappa shape index (κ1) is 14.8. The number of benzene rings is 1. The van der Waals surface area contributed by atoms with Crippen molar-refractivity contribution in [3.63, 3.8) is 0 Å². The van der Waals surface area contributed by atoms with Gasteiger partial charge in [0.05, 0.1) is 0 Å².